The Morgan fingerprint density at radius 1 is 0.783 bits per heavy atom. The minimum absolute atomic E-state index is 0.193. The Balaban J connectivity index is 1.72. The second-order valence-electron chi connectivity index (χ2n) is 6.35. The molecule has 1 aliphatic heterocycles. The van der Waals surface area contributed by atoms with Crippen LogP contribution in [0.5, 0.6) is 0 Å². The van der Waals surface area contributed by atoms with Crippen LogP contribution in [0.2, 0.25) is 0 Å². The molecule has 23 heavy (non-hydrogen) atoms. The second-order valence-corrected chi connectivity index (χ2v) is 6.35. The van der Waals surface area contributed by atoms with Gasteiger partial charge in [-0.05, 0) is 80.7 Å². The number of rotatable bonds is 6. The molecule has 0 aromatic heterocycles. The molecule has 1 heterocycles. The molecule has 0 radical (unpaired) electrons. The lowest BCUT2D eigenvalue weighted by atomic mass is 9.87. The highest BCUT2D eigenvalue weighted by molar-refractivity contribution is 5.32. The Labute approximate surface area is 136 Å². The van der Waals surface area contributed by atoms with Crippen LogP contribution in [0.15, 0.2) is 48.5 Å². The van der Waals surface area contributed by atoms with Crippen molar-refractivity contribution in [3.8, 4) is 0 Å². The van der Waals surface area contributed by atoms with Crippen LogP contribution in [0, 0.1) is 11.6 Å². The molecule has 0 bridgehead atoms. The van der Waals surface area contributed by atoms with Gasteiger partial charge in [-0.3, -0.25) is 0 Å². The van der Waals surface area contributed by atoms with E-state index in [4.69, 9.17) is 0 Å². The van der Waals surface area contributed by atoms with E-state index in [-0.39, 0.29) is 17.6 Å². The van der Waals surface area contributed by atoms with Gasteiger partial charge >= 0.3 is 0 Å². The summed E-state index contributed by atoms with van der Waals surface area (Å²) in [6.07, 6.45) is 4.70. The van der Waals surface area contributed by atoms with E-state index in [2.05, 4.69) is 4.90 Å². The first-order chi connectivity index (χ1) is 11.2. The molecule has 0 aliphatic carbocycles. The summed E-state index contributed by atoms with van der Waals surface area (Å²) >= 11 is 0. The predicted octanol–water partition coefficient (Wildman–Crippen LogP) is 4.97. The van der Waals surface area contributed by atoms with Gasteiger partial charge in [0.05, 0.1) is 0 Å². The molecule has 3 heteroatoms. The van der Waals surface area contributed by atoms with Crippen LogP contribution >= 0.6 is 0 Å². The van der Waals surface area contributed by atoms with E-state index in [0.29, 0.717) is 0 Å². The average Bonchev–Trinajstić information content (AvgIpc) is 3.07. The van der Waals surface area contributed by atoms with Crippen molar-refractivity contribution in [2.75, 3.05) is 19.6 Å². The summed E-state index contributed by atoms with van der Waals surface area (Å²) in [5.41, 5.74) is 2.19. The lowest BCUT2D eigenvalue weighted by Gasteiger charge is -2.20. The van der Waals surface area contributed by atoms with Crippen LogP contribution in [0.4, 0.5) is 8.78 Å². The third-order valence-electron chi connectivity index (χ3n) is 4.71. The second kappa shape index (κ2) is 7.69. The molecule has 3 rings (SSSR count). The van der Waals surface area contributed by atoms with Crippen LogP contribution in [0.3, 0.4) is 0 Å². The van der Waals surface area contributed by atoms with Crippen molar-refractivity contribution in [2.45, 2.75) is 31.6 Å². The molecule has 0 atom stereocenters. The van der Waals surface area contributed by atoms with Gasteiger partial charge < -0.3 is 4.90 Å². The predicted molar refractivity (Wildman–Crippen MR) is 89.6 cm³/mol. The van der Waals surface area contributed by atoms with Crippen molar-refractivity contribution >= 4 is 0 Å². The number of hydrogen-bond donors (Lipinski definition) is 0. The van der Waals surface area contributed by atoms with Gasteiger partial charge in [-0.15, -0.1) is 0 Å². The maximum Gasteiger partial charge on any atom is 0.123 e. The molecule has 0 spiro atoms. The Bertz CT molecular complexity index is 555. The number of hydrogen-bond acceptors (Lipinski definition) is 1. The maximum absolute atomic E-state index is 13.2. The normalized spacial score (nSPS) is 15.4. The van der Waals surface area contributed by atoms with E-state index < -0.39 is 0 Å². The van der Waals surface area contributed by atoms with Gasteiger partial charge in [-0.1, -0.05) is 24.3 Å². The Hall–Kier alpha value is -1.74. The first-order valence-corrected chi connectivity index (χ1v) is 8.45. The van der Waals surface area contributed by atoms with Gasteiger partial charge in [-0.25, -0.2) is 8.78 Å². The summed E-state index contributed by atoms with van der Waals surface area (Å²) in [5.74, 6) is -0.244. The number of benzene rings is 2. The topological polar surface area (TPSA) is 3.24 Å². The molecular formula is C20H23F2N. The summed E-state index contributed by atoms with van der Waals surface area (Å²) < 4.78 is 26.4. The molecule has 0 amide bonds. The Morgan fingerprint density at radius 2 is 1.26 bits per heavy atom. The summed E-state index contributed by atoms with van der Waals surface area (Å²) in [6.45, 7) is 3.52. The fourth-order valence-electron chi connectivity index (χ4n) is 3.44. The molecule has 1 aliphatic rings. The fourth-order valence-corrected chi connectivity index (χ4v) is 3.44. The molecule has 1 fully saturated rings. The third kappa shape index (κ3) is 4.38. The van der Waals surface area contributed by atoms with Crippen molar-refractivity contribution in [1.82, 2.24) is 4.90 Å². The van der Waals surface area contributed by atoms with Crippen LogP contribution < -0.4 is 0 Å². The molecule has 1 saturated heterocycles. The van der Waals surface area contributed by atoms with Crippen molar-refractivity contribution in [3.63, 3.8) is 0 Å². The molecule has 122 valence electrons. The highest BCUT2D eigenvalue weighted by atomic mass is 19.1. The number of nitrogens with zero attached hydrogens (tertiary/aromatic N) is 1. The van der Waals surface area contributed by atoms with Crippen LogP contribution in [0.1, 0.15) is 42.7 Å². The smallest absolute Gasteiger partial charge is 0.123 e. The minimum atomic E-state index is -0.219. The van der Waals surface area contributed by atoms with Crippen LogP contribution in [0.25, 0.3) is 0 Å². The molecule has 2 aromatic rings. The first kappa shape index (κ1) is 16.1. The number of likely N-dealkylation sites (tertiary alicyclic amines) is 1. The van der Waals surface area contributed by atoms with Crippen LogP contribution in [-0.2, 0) is 0 Å². The fraction of sp³-hybridized carbons (Fsp3) is 0.400. The SMILES string of the molecule is Fc1ccc(C(CCCN2CCCC2)c2ccc(F)cc2)cc1. The first-order valence-electron chi connectivity index (χ1n) is 8.45. The van der Waals surface area contributed by atoms with E-state index in [9.17, 15) is 8.78 Å². The summed E-state index contributed by atoms with van der Waals surface area (Å²) in [4.78, 5) is 2.51. The van der Waals surface area contributed by atoms with Gasteiger partial charge in [0.1, 0.15) is 11.6 Å². The zero-order valence-electron chi connectivity index (χ0n) is 13.3. The van der Waals surface area contributed by atoms with E-state index in [0.717, 1.165) is 30.5 Å². The summed E-state index contributed by atoms with van der Waals surface area (Å²) in [7, 11) is 0. The van der Waals surface area contributed by atoms with Gasteiger partial charge in [0.15, 0.2) is 0 Å². The standard InChI is InChI=1S/C20H23F2N/c21-18-9-5-16(6-10-18)20(17-7-11-19(22)12-8-17)4-3-15-23-13-1-2-14-23/h5-12,20H,1-4,13-15H2. The molecule has 1 nitrogen and oxygen atoms in total. The van der Waals surface area contributed by atoms with Gasteiger partial charge in [-0.2, -0.15) is 0 Å². The zero-order valence-corrected chi connectivity index (χ0v) is 13.3. The monoisotopic (exact) mass is 315 g/mol. The zero-order chi connectivity index (χ0) is 16.1. The molecule has 0 saturated carbocycles. The van der Waals surface area contributed by atoms with Gasteiger partial charge in [0.25, 0.3) is 0 Å². The number of halogens is 2. The summed E-state index contributed by atoms with van der Waals surface area (Å²) in [5, 5.41) is 0. The quantitative estimate of drug-likeness (QED) is 0.727. The van der Waals surface area contributed by atoms with E-state index >= 15 is 0 Å². The molecule has 0 N–H and O–H groups in total. The highest BCUT2D eigenvalue weighted by Crippen LogP contribution is 2.30. The van der Waals surface area contributed by atoms with Crippen molar-refractivity contribution in [3.05, 3.63) is 71.3 Å². The van der Waals surface area contributed by atoms with E-state index in [1.165, 1.54) is 50.2 Å². The van der Waals surface area contributed by atoms with Crippen molar-refractivity contribution in [1.29, 1.82) is 0 Å². The van der Waals surface area contributed by atoms with Gasteiger partial charge in [0, 0.05) is 5.92 Å². The third-order valence-corrected chi connectivity index (χ3v) is 4.71. The van der Waals surface area contributed by atoms with Gasteiger partial charge in [0.2, 0.25) is 0 Å². The van der Waals surface area contributed by atoms with Crippen molar-refractivity contribution in [2.24, 2.45) is 0 Å². The minimum Gasteiger partial charge on any atom is -0.303 e. The van der Waals surface area contributed by atoms with Crippen LogP contribution in [-0.4, -0.2) is 24.5 Å². The Kier molecular flexibility index (Phi) is 5.39. The lowest BCUT2D eigenvalue weighted by Crippen LogP contribution is -2.20. The lowest BCUT2D eigenvalue weighted by molar-refractivity contribution is 0.327. The molecular weight excluding hydrogens is 292 g/mol. The molecule has 0 unspecified atom stereocenters. The Morgan fingerprint density at radius 3 is 1.74 bits per heavy atom. The highest BCUT2D eigenvalue weighted by Gasteiger charge is 2.16. The maximum atomic E-state index is 13.2. The average molecular weight is 315 g/mol. The molecule has 2 aromatic carbocycles. The largest absolute Gasteiger partial charge is 0.303 e. The summed E-state index contributed by atoms with van der Waals surface area (Å²) in [6, 6.07) is 13.4. The van der Waals surface area contributed by atoms with E-state index in [1.54, 1.807) is 0 Å². The van der Waals surface area contributed by atoms with Crippen molar-refractivity contribution < 1.29 is 8.78 Å². The van der Waals surface area contributed by atoms with E-state index in [1.807, 2.05) is 24.3 Å².